The van der Waals surface area contributed by atoms with Gasteiger partial charge in [0.2, 0.25) is 0 Å². The summed E-state index contributed by atoms with van der Waals surface area (Å²) >= 11 is 3.45. The SMILES string of the molecule is Cc1ccc(Oc2ccc([C@@H](C)O)c(Br)c2)c(C)c1. The van der Waals surface area contributed by atoms with Gasteiger partial charge in [0.15, 0.2) is 0 Å². The Balaban J connectivity index is 2.26. The van der Waals surface area contributed by atoms with Crippen LogP contribution in [0.2, 0.25) is 0 Å². The first kappa shape index (κ1) is 14.1. The Morgan fingerprint density at radius 3 is 2.42 bits per heavy atom. The monoisotopic (exact) mass is 320 g/mol. The second-order valence-corrected chi connectivity index (χ2v) is 5.58. The molecule has 0 aliphatic heterocycles. The fourth-order valence-electron chi connectivity index (χ4n) is 1.95. The van der Waals surface area contributed by atoms with E-state index in [2.05, 4.69) is 28.9 Å². The van der Waals surface area contributed by atoms with Gasteiger partial charge in [0.1, 0.15) is 11.5 Å². The van der Waals surface area contributed by atoms with E-state index in [1.807, 2.05) is 37.3 Å². The van der Waals surface area contributed by atoms with Crippen molar-refractivity contribution in [1.82, 2.24) is 0 Å². The summed E-state index contributed by atoms with van der Waals surface area (Å²) in [6, 6.07) is 11.7. The van der Waals surface area contributed by atoms with Crippen molar-refractivity contribution in [3.8, 4) is 11.5 Å². The Morgan fingerprint density at radius 1 is 1.11 bits per heavy atom. The Morgan fingerprint density at radius 2 is 1.84 bits per heavy atom. The summed E-state index contributed by atoms with van der Waals surface area (Å²) in [7, 11) is 0. The standard InChI is InChI=1S/C16H17BrO2/c1-10-4-7-16(11(2)8-10)19-13-5-6-14(12(3)18)15(17)9-13/h4-9,12,18H,1-3H3/t12-/m1/s1. The van der Waals surface area contributed by atoms with E-state index in [0.717, 1.165) is 27.1 Å². The minimum Gasteiger partial charge on any atom is -0.457 e. The molecule has 2 aromatic rings. The van der Waals surface area contributed by atoms with Crippen molar-refractivity contribution < 1.29 is 9.84 Å². The zero-order valence-electron chi connectivity index (χ0n) is 11.3. The van der Waals surface area contributed by atoms with E-state index in [-0.39, 0.29) is 0 Å². The molecule has 0 aliphatic carbocycles. The third-order valence-corrected chi connectivity index (χ3v) is 3.67. The highest BCUT2D eigenvalue weighted by molar-refractivity contribution is 9.10. The summed E-state index contributed by atoms with van der Waals surface area (Å²) in [5.41, 5.74) is 3.18. The van der Waals surface area contributed by atoms with Crippen LogP contribution in [0.15, 0.2) is 40.9 Å². The predicted molar refractivity (Wildman–Crippen MR) is 80.8 cm³/mol. The molecule has 0 unspecified atom stereocenters. The molecule has 19 heavy (non-hydrogen) atoms. The van der Waals surface area contributed by atoms with Gasteiger partial charge in [0, 0.05) is 4.47 Å². The molecule has 2 nitrogen and oxygen atoms in total. The average molecular weight is 321 g/mol. The zero-order chi connectivity index (χ0) is 14.0. The van der Waals surface area contributed by atoms with Gasteiger partial charge in [-0.15, -0.1) is 0 Å². The van der Waals surface area contributed by atoms with E-state index in [1.54, 1.807) is 6.92 Å². The molecule has 0 saturated carbocycles. The first-order chi connectivity index (χ1) is 8.97. The molecule has 0 saturated heterocycles. The van der Waals surface area contributed by atoms with E-state index < -0.39 is 6.10 Å². The maximum Gasteiger partial charge on any atom is 0.130 e. The second-order valence-electron chi connectivity index (χ2n) is 4.73. The molecule has 0 radical (unpaired) electrons. The maximum absolute atomic E-state index is 9.59. The number of aryl methyl sites for hydroxylation is 2. The fraction of sp³-hybridized carbons (Fsp3) is 0.250. The molecule has 2 aromatic carbocycles. The van der Waals surface area contributed by atoms with Crippen LogP contribution in [-0.2, 0) is 0 Å². The van der Waals surface area contributed by atoms with Crippen LogP contribution in [0.25, 0.3) is 0 Å². The van der Waals surface area contributed by atoms with Crippen molar-refractivity contribution in [3.05, 3.63) is 57.6 Å². The minimum atomic E-state index is -0.496. The van der Waals surface area contributed by atoms with E-state index in [4.69, 9.17) is 4.74 Å². The first-order valence-electron chi connectivity index (χ1n) is 6.20. The van der Waals surface area contributed by atoms with Crippen LogP contribution in [0.3, 0.4) is 0 Å². The van der Waals surface area contributed by atoms with Gasteiger partial charge in [-0.2, -0.15) is 0 Å². The summed E-state index contributed by atoms with van der Waals surface area (Å²) in [6.07, 6.45) is -0.496. The van der Waals surface area contributed by atoms with Crippen LogP contribution in [-0.4, -0.2) is 5.11 Å². The quantitative estimate of drug-likeness (QED) is 0.870. The van der Waals surface area contributed by atoms with Crippen LogP contribution >= 0.6 is 15.9 Å². The molecule has 2 rings (SSSR count). The maximum atomic E-state index is 9.59. The van der Waals surface area contributed by atoms with Gasteiger partial charge in [0.25, 0.3) is 0 Å². The molecule has 0 heterocycles. The fourth-order valence-corrected chi connectivity index (χ4v) is 2.64. The van der Waals surface area contributed by atoms with Crippen molar-refractivity contribution in [2.24, 2.45) is 0 Å². The molecular formula is C16H17BrO2. The van der Waals surface area contributed by atoms with Crippen molar-refractivity contribution in [2.75, 3.05) is 0 Å². The van der Waals surface area contributed by atoms with E-state index >= 15 is 0 Å². The van der Waals surface area contributed by atoms with Gasteiger partial charge >= 0.3 is 0 Å². The van der Waals surface area contributed by atoms with Crippen LogP contribution in [0.5, 0.6) is 11.5 Å². The van der Waals surface area contributed by atoms with Gasteiger partial charge in [-0.05, 0) is 50.1 Å². The Hall–Kier alpha value is -1.32. The van der Waals surface area contributed by atoms with Crippen LogP contribution in [0.4, 0.5) is 0 Å². The topological polar surface area (TPSA) is 29.5 Å². The van der Waals surface area contributed by atoms with E-state index in [0.29, 0.717) is 0 Å². The average Bonchev–Trinajstić information content (AvgIpc) is 2.32. The summed E-state index contributed by atoms with van der Waals surface area (Å²) in [5.74, 6) is 1.60. The molecular weight excluding hydrogens is 304 g/mol. The molecule has 0 spiro atoms. The molecule has 100 valence electrons. The largest absolute Gasteiger partial charge is 0.457 e. The predicted octanol–water partition coefficient (Wildman–Crippen LogP) is 4.91. The summed E-state index contributed by atoms with van der Waals surface area (Å²) in [6.45, 7) is 5.83. The number of ether oxygens (including phenoxy) is 1. The Bertz CT molecular complexity index is 591. The van der Waals surface area contributed by atoms with Crippen molar-refractivity contribution in [1.29, 1.82) is 0 Å². The Labute approximate surface area is 122 Å². The number of benzene rings is 2. The highest BCUT2D eigenvalue weighted by Crippen LogP contribution is 2.31. The molecule has 0 fully saturated rings. The lowest BCUT2D eigenvalue weighted by atomic mass is 10.1. The minimum absolute atomic E-state index is 0.496. The first-order valence-corrected chi connectivity index (χ1v) is 6.99. The Kier molecular flexibility index (Phi) is 4.27. The summed E-state index contributed by atoms with van der Waals surface area (Å²) in [4.78, 5) is 0. The number of hydrogen-bond acceptors (Lipinski definition) is 2. The molecule has 0 amide bonds. The molecule has 1 N–H and O–H groups in total. The van der Waals surface area contributed by atoms with Crippen LogP contribution < -0.4 is 4.74 Å². The van der Waals surface area contributed by atoms with Crippen molar-refractivity contribution in [3.63, 3.8) is 0 Å². The zero-order valence-corrected chi connectivity index (χ0v) is 12.9. The summed E-state index contributed by atoms with van der Waals surface area (Å²) in [5, 5.41) is 9.59. The van der Waals surface area contributed by atoms with Crippen molar-refractivity contribution >= 4 is 15.9 Å². The number of halogens is 1. The van der Waals surface area contributed by atoms with Gasteiger partial charge < -0.3 is 9.84 Å². The van der Waals surface area contributed by atoms with Crippen molar-refractivity contribution in [2.45, 2.75) is 26.9 Å². The lowest BCUT2D eigenvalue weighted by Crippen LogP contribution is -1.94. The molecule has 1 atom stereocenters. The second kappa shape index (κ2) is 5.76. The molecule has 0 bridgehead atoms. The van der Waals surface area contributed by atoms with Gasteiger partial charge in [0.05, 0.1) is 6.10 Å². The molecule has 0 aliphatic rings. The number of rotatable bonds is 3. The van der Waals surface area contributed by atoms with Gasteiger partial charge in [-0.1, -0.05) is 39.7 Å². The lowest BCUT2D eigenvalue weighted by molar-refractivity contribution is 0.198. The van der Waals surface area contributed by atoms with Gasteiger partial charge in [-0.25, -0.2) is 0 Å². The molecule has 3 heteroatoms. The number of aliphatic hydroxyl groups excluding tert-OH is 1. The highest BCUT2D eigenvalue weighted by Gasteiger charge is 2.08. The van der Waals surface area contributed by atoms with E-state index in [9.17, 15) is 5.11 Å². The highest BCUT2D eigenvalue weighted by atomic mass is 79.9. The molecule has 0 aromatic heterocycles. The number of aliphatic hydroxyl groups is 1. The third-order valence-electron chi connectivity index (χ3n) is 2.98. The van der Waals surface area contributed by atoms with Crippen LogP contribution in [0, 0.1) is 13.8 Å². The normalized spacial score (nSPS) is 12.3. The number of hydrogen-bond donors (Lipinski definition) is 1. The van der Waals surface area contributed by atoms with Gasteiger partial charge in [-0.3, -0.25) is 0 Å². The summed E-state index contributed by atoms with van der Waals surface area (Å²) < 4.78 is 6.72. The smallest absolute Gasteiger partial charge is 0.130 e. The van der Waals surface area contributed by atoms with E-state index in [1.165, 1.54) is 5.56 Å². The van der Waals surface area contributed by atoms with Crippen LogP contribution in [0.1, 0.15) is 29.7 Å². The lowest BCUT2D eigenvalue weighted by Gasteiger charge is -2.12. The third kappa shape index (κ3) is 3.37.